The number of imidazole rings is 1. The molecule has 0 aliphatic carbocycles. The van der Waals surface area contributed by atoms with Gasteiger partial charge in [-0.2, -0.15) is 12.6 Å². The van der Waals surface area contributed by atoms with Crippen molar-refractivity contribution in [3.63, 3.8) is 0 Å². The highest BCUT2D eigenvalue weighted by Crippen LogP contribution is 2.08. The minimum absolute atomic E-state index is 0.0161. The van der Waals surface area contributed by atoms with Gasteiger partial charge in [0.15, 0.2) is 0 Å². The molecule has 0 spiro atoms. The maximum atomic E-state index is 12.5. The van der Waals surface area contributed by atoms with Crippen LogP contribution in [-0.4, -0.2) is 69.2 Å². The molecule has 0 radical (unpaired) electrons. The summed E-state index contributed by atoms with van der Waals surface area (Å²) in [5, 5.41) is 16.6. The van der Waals surface area contributed by atoms with Crippen LogP contribution in [0.3, 0.4) is 0 Å². The van der Waals surface area contributed by atoms with E-state index in [1.807, 2.05) is 6.92 Å². The van der Waals surface area contributed by atoms with Gasteiger partial charge in [-0.25, -0.2) is 9.78 Å². The molecule has 0 aromatic carbocycles. The summed E-state index contributed by atoms with van der Waals surface area (Å²) >= 11 is 3.96. The van der Waals surface area contributed by atoms with Crippen LogP contribution in [0.1, 0.15) is 26.0 Å². The van der Waals surface area contributed by atoms with Crippen LogP contribution in [0.5, 0.6) is 0 Å². The van der Waals surface area contributed by atoms with Crippen molar-refractivity contribution < 1.29 is 24.3 Å². The molecule has 0 bridgehead atoms. The van der Waals surface area contributed by atoms with Crippen molar-refractivity contribution in [3.05, 3.63) is 18.2 Å². The van der Waals surface area contributed by atoms with Crippen LogP contribution in [-0.2, 0) is 25.6 Å². The minimum Gasteiger partial charge on any atom is -0.480 e. The number of carbonyl (C=O) groups is 4. The molecule has 1 aromatic rings. The Balaban J connectivity index is 2.64. The molecule has 1 heterocycles. The molecule has 0 saturated heterocycles. The fourth-order valence-corrected chi connectivity index (χ4v) is 2.55. The second kappa shape index (κ2) is 12.1. The normalized spacial score (nSPS) is 14.9. The topological polar surface area (TPSA) is 179 Å². The maximum absolute atomic E-state index is 12.5. The van der Waals surface area contributed by atoms with E-state index in [0.29, 0.717) is 12.1 Å². The summed E-state index contributed by atoms with van der Waals surface area (Å²) < 4.78 is 0. The van der Waals surface area contributed by atoms with Gasteiger partial charge in [-0.3, -0.25) is 14.4 Å². The Morgan fingerprint density at radius 3 is 2.48 bits per heavy atom. The van der Waals surface area contributed by atoms with Crippen LogP contribution < -0.4 is 21.7 Å². The number of nitrogens with zero attached hydrogens (tertiary/aromatic N) is 1. The third-order valence-corrected chi connectivity index (χ3v) is 4.76. The van der Waals surface area contributed by atoms with Crippen molar-refractivity contribution in [2.24, 2.45) is 11.7 Å². The number of carboxylic acids is 1. The molecule has 1 rings (SSSR count). The quantitative estimate of drug-likeness (QED) is 0.196. The standard InChI is InChI=1S/C17H28N6O5S/c1-3-9(2)14(23-15(25)11(18)7-29)16(26)20-6-13(24)22-12(17(27)28)4-10-5-19-8-21-10/h5,8-9,11-12,14,29H,3-4,6-7,18H2,1-2H3,(H,19,21)(H,20,26)(H,22,24)(H,23,25)(H,27,28). The number of carboxylic acid groups (broad SMARTS) is 1. The molecular formula is C17H28N6O5S. The van der Waals surface area contributed by atoms with E-state index < -0.39 is 48.4 Å². The number of rotatable bonds is 12. The Bertz CT molecular complexity index is 698. The zero-order chi connectivity index (χ0) is 22.0. The Labute approximate surface area is 174 Å². The van der Waals surface area contributed by atoms with Crippen molar-refractivity contribution in [2.45, 2.75) is 44.8 Å². The summed E-state index contributed by atoms with van der Waals surface area (Å²) in [6, 6.07) is -2.93. The fraction of sp³-hybridized carbons (Fsp3) is 0.588. The van der Waals surface area contributed by atoms with Gasteiger partial charge in [0.05, 0.1) is 18.9 Å². The zero-order valence-electron chi connectivity index (χ0n) is 16.3. The number of aromatic amines is 1. The lowest BCUT2D eigenvalue weighted by Crippen LogP contribution is -2.56. The smallest absolute Gasteiger partial charge is 0.326 e. The molecule has 162 valence electrons. The first-order valence-electron chi connectivity index (χ1n) is 9.13. The first kappa shape index (κ1) is 24.4. The average Bonchev–Trinajstić information content (AvgIpc) is 3.21. The van der Waals surface area contributed by atoms with E-state index in [9.17, 15) is 24.3 Å². The fourth-order valence-electron chi connectivity index (χ4n) is 2.38. The molecular weight excluding hydrogens is 400 g/mol. The molecule has 0 aliphatic heterocycles. The predicted molar refractivity (Wildman–Crippen MR) is 108 cm³/mol. The molecule has 7 N–H and O–H groups in total. The molecule has 4 unspecified atom stereocenters. The van der Waals surface area contributed by atoms with Crippen molar-refractivity contribution in [2.75, 3.05) is 12.3 Å². The number of amides is 3. The highest BCUT2D eigenvalue weighted by atomic mass is 32.1. The Kier molecular flexibility index (Phi) is 10.2. The molecule has 12 heteroatoms. The second-order valence-electron chi connectivity index (χ2n) is 6.62. The van der Waals surface area contributed by atoms with Crippen LogP contribution in [0, 0.1) is 5.92 Å². The van der Waals surface area contributed by atoms with Crippen molar-refractivity contribution in [3.8, 4) is 0 Å². The first-order valence-corrected chi connectivity index (χ1v) is 9.76. The first-order chi connectivity index (χ1) is 13.7. The predicted octanol–water partition coefficient (Wildman–Crippen LogP) is -1.57. The number of H-pyrrole nitrogens is 1. The van der Waals surface area contributed by atoms with Crippen LogP contribution in [0.15, 0.2) is 12.5 Å². The van der Waals surface area contributed by atoms with E-state index in [-0.39, 0.29) is 18.1 Å². The molecule has 1 aromatic heterocycles. The lowest BCUT2D eigenvalue weighted by atomic mass is 9.98. The second-order valence-corrected chi connectivity index (χ2v) is 6.98. The summed E-state index contributed by atoms with van der Waals surface area (Å²) in [5.74, 6) is -3.06. The molecule has 29 heavy (non-hydrogen) atoms. The molecule has 3 amide bonds. The molecule has 4 atom stereocenters. The van der Waals surface area contributed by atoms with Gasteiger partial charge in [-0.1, -0.05) is 20.3 Å². The third-order valence-electron chi connectivity index (χ3n) is 4.36. The molecule has 0 aliphatic rings. The van der Waals surface area contributed by atoms with E-state index in [1.165, 1.54) is 12.5 Å². The van der Waals surface area contributed by atoms with Gasteiger partial charge in [-0.05, 0) is 5.92 Å². The SMILES string of the molecule is CCC(C)C(NC(=O)C(N)CS)C(=O)NCC(=O)NC(Cc1cnc[nH]1)C(=O)O. The van der Waals surface area contributed by atoms with Crippen LogP contribution >= 0.6 is 12.6 Å². The van der Waals surface area contributed by atoms with Gasteiger partial charge in [-0.15, -0.1) is 0 Å². The highest BCUT2D eigenvalue weighted by molar-refractivity contribution is 7.80. The Morgan fingerprint density at radius 2 is 1.97 bits per heavy atom. The summed E-state index contributed by atoms with van der Waals surface area (Å²) in [7, 11) is 0. The van der Waals surface area contributed by atoms with E-state index in [0.717, 1.165) is 0 Å². The molecule has 0 saturated carbocycles. The van der Waals surface area contributed by atoms with Gasteiger partial charge >= 0.3 is 5.97 Å². The summed E-state index contributed by atoms with van der Waals surface area (Å²) in [6.07, 6.45) is 3.48. The lowest BCUT2D eigenvalue weighted by molar-refractivity contribution is -0.141. The van der Waals surface area contributed by atoms with Crippen molar-refractivity contribution >= 4 is 36.3 Å². The third kappa shape index (κ3) is 8.11. The largest absolute Gasteiger partial charge is 0.480 e. The average molecular weight is 429 g/mol. The van der Waals surface area contributed by atoms with E-state index in [1.54, 1.807) is 6.92 Å². The number of nitrogens with two attached hydrogens (primary N) is 1. The Morgan fingerprint density at radius 1 is 1.28 bits per heavy atom. The summed E-state index contributed by atoms with van der Waals surface area (Å²) in [4.78, 5) is 54.5. The maximum Gasteiger partial charge on any atom is 0.326 e. The number of aliphatic carboxylic acids is 1. The summed E-state index contributed by atoms with van der Waals surface area (Å²) in [5.41, 5.74) is 6.16. The number of aromatic nitrogens is 2. The van der Waals surface area contributed by atoms with E-state index in [2.05, 4.69) is 38.5 Å². The van der Waals surface area contributed by atoms with E-state index in [4.69, 9.17) is 5.73 Å². The van der Waals surface area contributed by atoms with Gasteiger partial charge < -0.3 is 31.8 Å². The highest BCUT2D eigenvalue weighted by Gasteiger charge is 2.28. The van der Waals surface area contributed by atoms with Gasteiger partial charge in [0.2, 0.25) is 17.7 Å². The number of hydrogen-bond donors (Lipinski definition) is 7. The van der Waals surface area contributed by atoms with Crippen molar-refractivity contribution in [1.29, 1.82) is 0 Å². The lowest BCUT2D eigenvalue weighted by Gasteiger charge is -2.24. The zero-order valence-corrected chi connectivity index (χ0v) is 17.2. The van der Waals surface area contributed by atoms with Crippen molar-refractivity contribution in [1.82, 2.24) is 25.9 Å². The number of thiol groups is 1. The number of carbonyl (C=O) groups excluding carboxylic acids is 3. The van der Waals surface area contributed by atoms with E-state index >= 15 is 0 Å². The van der Waals surface area contributed by atoms with Gasteiger partial charge in [0.25, 0.3) is 0 Å². The number of hydrogen-bond acceptors (Lipinski definition) is 7. The van der Waals surface area contributed by atoms with Crippen LogP contribution in [0.25, 0.3) is 0 Å². The Hall–Kier alpha value is -2.60. The molecule has 0 fully saturated rings. The van der Waals surface area contributed by atoms with Gasteiger partial charge in [0.1, 0.15) is 12.1 Å². The minimum atomic E-state index is -1.22. The molecule has 11 nitrogen and oxygen atoms in total. The van der Waals surface area contributed by atoms with Crippen LogP contribution in [0.4, 0.5) is 0 Å². The number of nitrogens with one attached hydrogen (secondary N) is 4. The van der Waals surface area contributed by atoms with Gasteiger partial charge in [0, 0.05) is 24.1 Å². The monoisotopic (exact) mass is 428 g/mol. The van der Waals surface area contributed by atoms with Crippen LogP contribution in [0.2, 0.25) is 0 Å². The summed E-state index contributed by atoms with van der Waals surface area (Å²) in [6.45, 7) is 3.20.